The Morgan fingerprint density at radius 1 is 1.41 bits per heavy atom. The Kier molecular flexibility index (Phi) is 5.94. The van der Waals surface area contributed by atoms with Crippen molar-refractivity contribution in [2.24, 2.45) is 0 Å². The first-order valence-electron chi connectivity index (χ1n) is 5.76. The number of methoxy groups -OCH3 is 1. The van der Waals surface area contributed by atoms with Crippen LogP contribution in [0.25, 0.3) is 0 Å². The molecule has 0 saturated heterocycles. The second kappa shape index (κ2) is 7.25. The molecule has 1 rings (SSSR count). The number of halogens is 1. The van der Waals surface area contributed by atoms with Crippen molar-refractivity contribution < 1.29 is 13.9 Å². The molecule has 4 heteroatoms. The van der Waals surface area contributed by atoms with Crippen LogP contribution < -0.4 is 10.1 Å². The Balaban J connectivity index is 2.34. The van der Waals surface area contributed by atoms with Crippen molar-refractivity contribution in [3.63, 3.8) is 0 Å². The van der Waals surface area contributed by atoms with Gasteiger partial charge in [0.1, 0.15) is 17.7 Å². The molecule has 1 aromatic carbocycles. The minimum atomic E-state index is -0.234. The van der Waals surface area contributed by atoms with Crippen LogP contribution in [0, 0.1) is 12.7 Å². The number of hydrogen-bond acceptors (Lipinski definition) is 3. The van der Waals surface area contributed by atoms with Crippen molar-refractivity contribution in [1.29, 1.82) is 0 Å². The molecule has 0 aromatic heterocycles. The van der Waals surface area contributed by atoms with Crippen molar-refractivity contribution in [2.45, 2.75) is 20.0 Å². The van der Waals surface area contributed by atoms with E-state index in [1.54, 1.807) is 26.2 Å². The highest BCUT2D eigenvalue weighted by Gasteiger charge is 2.05. The number of hydrogen-bond donors (Lipinski definition) is 1. The largest absolute Gasteiger partial charge is 0.489 e. The SMILES string of the molecule is COCCNCC(C)Oc1ccc(C)c(F)c1. The monoisotopic (exact) mass is 241 g/mol. The maximum atomic E-state index is 13.3. The van der Waals surface area contributed by atoms with Crippen LogP contribution in [-0.2, 0) is 4.74 Å². The molecule has 3 nitrogen and oxygen atoms in total. The number of ether oxygens (including phenoxy) is 2. The highest BCUT2D eigenvalue weighted by Crippen LogP contribution is 2.16. The highest BCUT2D eigenvalue weighted by atomic mass is 19.1. The van der Waals surface area contributed by atoms with E-state index in [4.69, 9.17) is 9.47 Å². The number of nitrogens with one attached hydrogen (secondary N) is 1. The molecular weight excluding hydrogens is 221 g/mol. The van der Waals surface area contributed by atoms with Gasteiger partial charge < -0.3 is 14.8 Å². The summed E-state index contributed by atoms with van der Waals surface area (Å²) >= 11 is 0. The molecular formula is C13H20FNO2. The topological polar surface area (TPSA) is 30.5 Å². The molecule has 1 aromatic rings. The van der Waals surface area contributed by atoms with E-state index < -0.39 is 0 Å². The van der Waals surface area contributed by atoms with Gasteiger partial charge in [0.05, 0.1) is 6.61 Å². The zero-order valence-electron chi connectivity index (χ0n) is 10.6. The van der Waals surface area contributed by atoms with E-state index >= 15 is 0 Å². The summed E-state index contributed by atoms with van der Waals surface area (Å²) < 4.78 is 23.8. The van der Waals surface area contributed by atoms with Crippen LogP contribution in [-0.4, -0.2) is 32.9 Å². The van der Waals surface area contributed by atoms with Crippen LogP contribution in [0.3, 0.4) is 0 Å². The van der Waals surface area contributed by atoms with Gasteiger partial charge in [0.2, 0.25) is 0 Å². The molecule has 1 N–H and O–H groups in total. The first-order valence-corrected chi connectivity index (χ1v) is 5.76. The maximum Gasteiger partial charge on any atom is 0.129 e. The first kappa shape index (κ1) is 13.9. The fraction of sp³-hybridized carbons (Fsp3) is 0.538. The van der Waals surface area contributed by atoms with Gasteiger partial charge in [-0.1, -0.05) is 6.07 Å². The van der Waals surface area contributed by atoms with Crippen LogP contribution in [0.1, 0.15) is 12.5 Å². The predicted octanol–water partition coefficient (Wildman–Crippen LogP) is 2.14. The zero-order chi connectivity index (χ0) is 12.7. The molecule has 0 fully saturated rings. The standard InChI is InChI=1S/C13H20FNO2/c1-10-4-5-12(8-13(10)14)17-11(2)9-15-6-7-16-3/h4-5,8,11,15H,6-7,9H2,1-3H3. The lowest BCUT2D eigenvalue weighted by Gasteiger charge is -2.15. The van der Waals surface area contributed by atoms with E-state index in [9.17, 15) is 4.39 Å². The Hall–Kier alpha value is -1.13. The average Bonchev–Trinajstić information content (AvgIpc) is 2.30. The number of benzene rings is 1. The quantitative estimate of drug-likeness (QED) is 0.742. The molecule has 0 bridgehead atoms. The molecule has 0 saturated carbocycles. The molecule has 0 aliphatic heterocycles. The van der Waals surface area contributed by atoms with Gasteiger partial charge in [-0.3, -0.25) is 0 Å². The lowest BCUT2D eigenvalue weighted by molar-refractivity contribution is 0.184. The minimum Gasteiger partial charge on any atom is -0.489 e. The van der Waals surface area contributed by atoms with E-state index in [-0.39, 0.29) is 11.9 Å². The summed E-state index contributed by atoms with van der Waals surface area (Å²) in [5.74, 6) is 0.330. The van der Waals surface area contributed by atoms with Crippen LogP contribution in [0.5, 0.6) is 5.75 Å². The van der Waals surface area contributed by atoms with E-state index in [1.165, 1.54) is 6.07 Å². The number of rotatable bonds is 7. The van der Waals surface area contributed by atoms with E-state index in [2.05, 4.69) is 5.32 Å². The summed E-state index contributed by atoms with van der Waals surface area (Å²) in [6.45, 7) is 5.84. The lowest BCUT2D eigenvalue weighted by atomic mass is 10.2. The fourth-order valence-electron chi connectivity index (χ4n) is 1.40. The summed E-state index contributed by atoms with van der Waals surface area (Å²) in [7, 11) is 1.66. The summed E-state index contributed by atoms with van der Waals surface area (Å²) in [6, 6.07) is 4.92. The third-order valence-corrected chi connectivity index (χ3v) is 2.40. The van der Waals surface area contributed by atoms with Gasteiger partial charge in [0.25, 0.3) is 0 Å². The van der Waals surface area contributed by atoms with E-state index in [1.807, 2.05) is 6.92 Å². The Morgan fingerprint density at radius 2 is 2.18 bits per heavy atom. The molecule has 0 spiro atoms. The van der Waals surface area contributed by atoms with Crippen LogP contribution in [0.4, 0.5) is 4.39 Å². The van der Waals surface area contributed by atoms with Gasteiger partial charge in [-0.15, -0.1) is 0 Å². The molecule has 0 amide bonds. The molecule has 0 heterocycles. The smallest absolute Gasteiger partial charge is 0.129 e. The zero-order valence-corrected chi connectivity index (χ0v) is 10.6. The Morgan fingerprint density at radius 3 is 2.82 bits per heavy atom. The Bertz CT molecular complexity index is 344. The average molecular weight is 241 g/mol. The van der Waals surface area contributed by atoms with Crippen LogP contribution in [0.15, 0.2) is 18.2 Å². The third kappa shape index (κ3) is 5.15. The highest BCUT2D eigenvalue weighted by molar-refractivity contribution is 5.28. The minimum absolute atomic E-state index is 0.00559. The maximum absolute atomic E-state index is 13.3. The van der Waals surface area contributed by atoms with Gasteiger partial charge in [-0.2, -0.15) is 0 Å². The summed E-state index contributed by atoms with van der Waals surface area (Å²) in [4.78, 5) is 0. The van der Waals surface area contributed by atoms with E-state index in [0.29, 0.717) is 24.5 Å². The van der Waals surface area contributed by atoms with Gasteiger partial charge in [-0.25, -0.2) is 4.39 Å². The fourth-order valence-corrected chi connectivity index (χ4v) is 1.40. The van der Waals surface area contributed by atoms with Crippen molar-refractivity contribution in [2.75, 3.05) is 26.8 Å². The van der Waals surface area contributed by atoms with Gasteiger partial charge in [0, 0.05) is 26.3 Å². The second-order valence-electron chi connectivity index (χ2n) is 4.04. The Labute approximate surface area is 102 Å². The van der Waals surface area contributed by atoms with Crippen LogP contribution >= 0.6 is 0 Å². The van der Waals surface area contributed by atoms with Crippen molar-refractivity contribution in [3.05, 3.63) is 29.6 Å². The van der Waals surface area contributed by atoms with Gasteiger partial charge in [0.15, 0.2) is 0 Å². The van der Waals surface area contributed by atoms with Crippen molar-refractivity contribution in [3.8, 4) is 5.75 Å². The van der Waals surface area contributed by atoms with E-state index in [0.717, 1.165) is 6.54 Å². The summed E-state index contributed by atoms with van der Waals surface area (Å²) in [5, 5.41) is 3.19. The lowest BCUT2D eigenvalue weighted by Crippen LogP contribution is -2.31. The van der Waals surface area contributed by atoms with Gasteiger partial charge >= 0.3 is 0 Å². The first-order chi connectivity index (χ1) is 8.13. The van der Waals surface area contributed by atoms with Crippen molar-refractivity contribution in [1.82, 2.24) is 5.32 Å². The molecule has 0 radical (unpaired) electrons. The predicted molar refractivity (Wildman–Crippen MR) is 66.0 cm³/mol. The van der Waals surface area contributed by atoms with Gasteiger partial charge in [-0.05, 0) is 25.5 Å². The second-order valence-corrected chi connectivity index (χ2v) is 4.04. The van der Waals surface area contributed by atoms with Crippen LogP contribution in [0.2, 0.25) is 0 Å². The molecule has 1 unspecified atom stereocenters. The summed E-state index contributed by atoms with van der Waals surface area (Å²) in [6.07, 6.45) is -0.00559. The van der Waals surface area contributed by atoms with Crippen molar-refractivity contribution >= 4 is 0 Å². The third-order valence-electron chi connectivity index (χ3n) is 2.40. The molecule has 1 atom stereocenters. The normalized spacial score (nSPS) is 12.5. The molecule has 17 heavy (non-hydrogen) atoms. The molecule has 96 valence electrons. The number of aryl methyl sites for hydroxylation is 1. The summed E-state index contributed by atoms with van der Waals surface area (Å²) in [5.41, 5.74) is 0.628. The molecule has 0 aliphatic rings. The molecule has 0 aliphatic carbocycles.